The van der Waals surface area contributed by atoms with Crippen LogP contribution in [0.5, 0.6) is 0 Å². The second-order valence-corrected chi connectivity index (χ2v) is 2.68. The summed E-state index contributed by atoms with van der Waals surface area (Å²) in [4.78, 5) is 51.3. The maximum absolute atomic E-state index is 8.55. The van der Waals surface area contributed by atoms with Gasteiger partial charge in [-0.05, 0) is 0 Å². The summed E-state index contributed by atoms with van der Waals surface area (Å²) in [5, 5.41) is 0. The van der Waals surface area contributed by atoms with Gasteiger partial charge in [-0.1, -0.05) is 0 Å². The van der Waals surface area contributed by atoms with Crippen molar-refractivity contribution in [2.45, 2.75) is 0 Å². The first kappa shape index (κ1) is 130. The third-order valence-electron chi connectivity index (χ3n) is 0. The monoisotopic (exact) mass is 490 g/mol. The van der Waals surface area contributed by atoms with Crippen LogP contribution < -0.4 is 29.4 Å². The molecule has 0 fully saturated rings. The third kappa shape index (κ3) is 1100. The zero-order chi connectivity index (χ0) is 9.00. The second-order valence-electron chi connectivity index (χ2n) is 0.894. The van der Waals surface area contributed by atoms with Gasteiger partial charge in [0.15, 0.2) is 0 Å². The fourth-order valence-electron chi connectivity index (χ4n) is 0. The maximum atomic E-state index is 8.55. The SMILES string of the molecule is O.O.O.O.O.O.O.O.O.O.O=P([O-])([O-])[O-].O=P([O-])([O-])[O-].[Ca+2].[Ca+2].[Ca+2]. The summed E-state index contributed by atoms with van der Waals surface area (Å²) in [6, 6.07) is 0. The minimum atomic E-state index is -5.39. The van der Waals surface area contributed by atoms with Crippen LogP contribution in [0.15, 0.2) is 0 Å². The van der Waals surface area contributed by atoms with Crippen LogP contribution in [0.25, 0.3) is 0 Å². The van der Waals surface area contributed by atoms with Crippen molar-refractivity contribution in [1.82, 2.24) is 0 Å². The Labute approximate surface area is 218 Å². The van der Waals surface area contributed by atoms with Crippen molar-refractivity contribution in [3.05, 3.63) is 0 Å². The van der Waals surface area contributed by atoms with Crippen LogP contribution in [0.1, 0.15) is 0 Å². The first-order valence-corrected chi connectivity index (χ1v) is 4.38. The summed E-state index contributed by atoms with van der Waals surface area (Å²) in [5.74, 6) is 0. The molecule has 0 saturated heterocycles. The summed E-state index contributed by atoms with van der Waals surface area (Å²) in [7, 11) is -10.8. The summed E-state index contributed by atoms with van der Waals surface area (Å²) >= 11 is 0. The molecule has 144 valence electrons. The second kappa shape index (κ2) is 63.7. The first-order chi connectivity index (χ1) is 4.00. The largest absolute Gasteiger partial charge is 2.00 e. The van der Waals surface area contributed by atoms with E-state index in [9.17, 15) is 0 Å². The van der Waals surface area contributed by atoms with Crippen molar-refractivity contribution in [2.75, 3.05) is 0 Å². The molecule has 0 aliphatic heterocycles. The number of hydrogen-bond donors (Lipinski definition) is 0. The van der Waals surface area contributed by atoms with E-state index in [2.05, 4.69) is 0 Å². The Bertz CT molecular complexity index is 135. The molecule has 23 heavy (non-hydrogen) atoms. The molecule has 0 rings (SSSR count). The van der Waals surface area contributed by atoms with E-state index in [0.29, 0.717) is 0 Å². The van der Waals surface area contributed by atoms with Gasteiger partial charge >= 0.3 is 113 Å². The molecule has 0 heterocycles. The van der Waals surface area contributed by atoms with Gasteiger partial charge < -0.3 is 93.3 Å². The molecule has 0 saturated carbocycles. The van der Waals surface area contributed by atoms with E-state index in [1.807, 2.05) is 0 Å². The van der Waals surface area contributed by atoms with Gasteiger partial charge in [-0.2, -0.15) is 15.6 Å². The van der Waals surface area contributed by atoms with Gasteiger partial charge in [-0.15, -0.1) is 0 Å². The van der Waals surface area contributed by atoms with Crippen molar-refractivity contribution >= 4 is 129 Å². The molecule has 0 amide bonds. The van der Waals surface area contributed by atoms with E-state index in [1.54, 1.807) is 0 Å². The predicted molar refractivity (Wildman–Crippen MR) is 68.6 cm³/mol. The van der Waals surface area contributed by atoms with Crippen LogP contribution in [0.3, 0.4) is 0 Å². The Hall–Kier alpha value is 3.60. The topological polar surface area (TPSA) is 488 Å². The fraction of sp³-hybridized carbons (Fsp3) is 0. The Morgan fingerprint density at radius 3 is 0.348 bits per heavy atom. The van der Waals surface area contributed by atoms with E-state index in [1.165, 1.54) is 0 Å². The molecule has 0 aliphatic carbocycles. The molecule has 0 unspecified atom stereocenters. The molecule has 20 N–H and O–H groups in total. The molecule has 0 spiro atoms. The van der Waals surface area contributed by atoms with E-state index < -0.39 is 15.6 Å². The van der Waals surface area contributed by atoms with Crippen LogP contribution in [0, 0.1) is 0 Å². The molecule has 0 aliphatic rings. The normalized spacial score (nSPS) is 5.13. The van der Waals surface area contributed by atoms with Crippen LogP contribution in [0.2, 0.25) is 0 Å². The van der Waals surface area contributed by atoms with Gasteiger partial charge in [0.2, 0.25) is 0 Å². The summed E-state index contributed by atoms with van der Waals surface area (Å²) in [5.41, 5.74) is 0. The maximum Gasteiger partial charge on any atom is 2.00 e. The molecule has 0 atom stereocenters. The molecule has 23 heteroatoms. The Morgan fingerprint density at radius 1 is 0.348 bits per heavy atom. The molecule has 0 aromatic rings. The molecule has 18 nitrogen and oxygen atoms in total. The average molecular weight is 490 g/mol. The first-order valence-electron chi connectivity index (χ1n) is 1.46. The van der Waals surface area contributed by atoms with Crippen molar-refractivity contribution < 1.29 is 93.3 Å². The summed E-state index contributed by atoms with van der Waals surface area (Å²) < 4.78 is 17.1. The standard InChI is InChI=1S/3Ca.2H3O4P.10H2O/c;;;2*1-5(2,3)4;;;;;;;;;;/h;;;2*(H3,1,2,3,4);10*1H2/q3*+2;;;;;;;;;;;;/p-6. The average Bonchev–Trinajstić information content (AvgIpc) is 1.12. The van der Waals surface area contributed by atoms with Crippen LogP contribution in [0.4, 0.5) is 0 Å². The van der Waals surface area contributed by atoms with Crippen molar-refractivity contribution in [1.29, 1.82) is 0 Å². The molecular weight excluding hydrogens is 470 g/mol. The quantitative estimate of drug-likeness (QED) is 0.231. The zero-order valence-electron chi connectivity index (χ0n) is 11.3. The van der Waals surface area contributed by atoms with Crippen LogP contribution >= 0.6 is 15.6 Å². The minimum Gasteiger partial charge on any atom is -0.822 e. The number of rotatable bonds is 0. The van der Waals surface area contributed by atoms with Crippen LogP contribution in [-0.2, 0) is 9.13 Å². The fourth-order valence-corrected chi connectivity index (χ4v) is 0. The molecule has 0 radical (unpaired) electrons. The van der Waals surface area contributed by atoms with Crippen molar-refractivity contribution in [3.63, 3.8) is 0 Å². The third-order valence-corrected chi connectivity index (χ3v) is 0. The smallest absolute Gasteiger partial charge is 0.822 e. The molecule has 0 aromatic carbocycles. The van der Waals surface area contributed by atoms with Gasteiger partial charge in [0.1, 0.15) is 0 Å². The predicted octanol–water partition coefficient (Wildman–Crippen LogP) is -15.0. The molecule has 0 bridgehead atoms. The van der Waals surface area contributed by atoms with Gasteiger partial charge in [-0.3, -0.25) is 0 Å². The van der Waals surface area contributed by atoms with E-state index in [0.717, 1.165) is 0 Å². The summed E-state index contributed by atoms with van der Waals surface area (Å²) in [6.07, 6.45) is 0. The van der Waals surface area contributed by atoms with Crippen molar-refractivity contribution in [3.8, 4) is 0 Å². The Morgan fingerprint density at radius 2 is 0.348 bits per heavy atom. The number of phosphoric acid groups is 2. The van der Waals surface area contributed by atoms with Gasteiger partial charge in [0.05, 0.1) is 0 Å². The summed E-state index contributed by atoms with van der Waals surface area (Å²) in [6.45, 7) is 0. The Balaban J connectivity index is -0.00000000274. The van der Waals surface area contributed by atoms with Crippen molar-refractivity contribution in [2.24, 2.45) is 0 Å². The molecule has 0 aromatic heterocycles. The zero-order valence-corrected chi connectivity index (χ0v) is 19.7. The van der Waals surface area contributed by atoms with E-state index in [-0.39, 0.29) is 168 Å². The van der Waals surface area contributed by atoms with E-state index in [4.69, 9.17) is 38.5 Å². The Kier molecular flexibility index (Phi) is 359. The molecular formula is H20Ca3O18P2. The van der Waals surface area contributed by atoms with Gasteiger partial charge in [0, 0.05) is 0 Å². The van der Waals surface area contributed by atoms with Crippen LogP contribution in [-0.4, -0.2) is 168 Å². The number of hydrogen-bond acceptors (Lipinski definition) is 8. The van der Waals surface area contributed by atoms with E-state index >= 15 is 0 Å². The van der Waals surface area contributed by atoms with Gasteiger partial charge in [0.25, 0.3) is 0 Å². The minimum absolute atomic E-state index is 0. The van der Waals surface area contributed by atoms with Gasteiger partial charge in [-0.25, -0.2) is 0 Å².